The van der Waals surface area contributed by atoms with E-state index in [2.05, 4.69) is 21.0 Å². The molecule has 4 rings (SSSR count). The molecule has 2 aliphatic heterocycles. The number of benzene rings is 1. The van der Waals surface area contributed by atoms with Crippen LogP contribution in [0.2, 0.25) is 0 Å². The minimum absolute atomic E-state index is 0.0223. The van der Waals surface area contributed by atoms with Gasteiger partial charge in [0.25, 0.3) is 11.8 Å². The average molecular weight is 393 g/mol. The summed E-state index contributed by atoms with van der Waals surface area (Å²) in [5.41, 5.74) is 4.93. The Morgan fingerprint density at radius 2 is 2.00 bits per heavy atom. The van der Waals surface area contributed by atoms with Gasteiger partial charge < -0.3 is 15.4 Å². The van der Waals surface area contributed by atoms with Crippen LogP contribution >= 0.6 is 0 Å². The quantitative estimate of drug-likeness (QED) is 0.685. The number of amides is 2. The molecule has 0 aliphatic carbocycles. The summed E-state index contributed by atoms with van der Waals surface area (Å²) in [4.78, 5) is 30.1. The number of rotatable bonds is 4. The summed E-state index contributed by atoms with van der Waals surface area (Å²) < 4.78 is 5.15. The van der Waals surface area contributed by atoms with Crippen molar-refractivity contribution in [2.24, 2.45) is 0 Å². The summed E-state index contributed by atoms with van der Waals surface area (Å²) in [6, 6.07) is 13.3. The van der Waals surface area contributed by atoms with E-state index in [1.165, 1.54) is 18.3 Å². The lowest BCUT2D eigenvalue weighted by Gasteiger charge is -2.34. The van der Waals surface area contributed by atoms with Crippen molar-refractivity contribution >= 4 is 17.6 Å². The predicted molar refractivity (Wildman–Crippen MR) is 108 cm³/mol. The molecule has 2 aromatic rings. The molecular formula is C21H23N5O3. The zero-order valence-corrected chi connectivity index (χ0v) is 16.5. The molecule has 29 heavy (non-hydrogen) atoms. The monoisotopic (exact) mass is 393 g/mol. The van der Waals surface area contributed by atoms with Crippen LogP contribution < -0.4 is 20.8 Å². The minimum atomic E-state index is -0.517. The SMILES string of the molecule is COc1ccnc(NC(=O)C2=C(C)NC3C(c4ccccc4)C(C)NN3C2=O)c1. The molecule has 1 aromatic carbocycles. The lowest BCUT2D eigenvalue weighted by atomic mass is 9.90. The molecule has 0 radical (unpaired) electrons. The van der Waals surface area contributed by atoms with Crippen LogP contribution in [0.25, 0.3) is 0 Å². The fraction of sp³-hybridized carbons (Fsp3) is 0.286. The summed E-state index contributed by atoms with van der Waals surface area (Å²) in [7, 11) is 1.53. The van der Waals surface area contributed by atoms with E-state index in [4.69, 9.17) is 4.74 Å². The summed E-state index contributed by atoms with van der Waals surface area (Å²) in [6.45, 7) is 3.77. The van der Waals surface area contributed by atoms with Gasteiger partial charge in [-0.3, -0.25) is 14.6 Å². The molecule has 1 saturated heterocycles. The van der Waals surface area contributed by atoms with Crippen LogP contribution in [-0.4, -0.2) is 41.1 Å². The number of hydrogen-bond donors (Lipinski definition) is 3. The van der Waals surface area contributed by atoms with E-state index in [-0.39, 0.29) is 29.6 Å². The van der Waals surface area contributed by atoms with Crippen LogP contribution in [0.3, 0.4) is 0 Å². The Morgan fingerprint density at radius 1 is 1.24 bits per heavy atom. The molecule has 3 atom stereocenters. The number of pyridine rings is 1. The third kappa shape index (κ3) is 3.42. The van der Waals surface area contributed by atoms with Crippen molar-refractivity contribution in [2.75, 3.05) is 12.4 Å². The minimum Gasteiger partial charge on any atom is -0.497 e. The number of hydrazine groups is 1. The van der Waals surface area contributed by atoms with E-state index in [1.807, 2.05) is 37.3 Å². The molecule has 3 unspecified atom stereocenters. The molecular weight excluding hydrogens is 370 g/mol. The van der Waals surface area contributed by atoms with E-state index in [0.717, 1.165) is 5.56 Å². The highest BCUT2D eigenvalue weighted by Gasteiger charge is 2.47. The first-order valence-electron chi connectivity index (χ1n) is 9.43. The second-order valence-electron chi connectivity index (χ2n) is 7.15. The Morgan fingerprint density at radius 3 is 2.72 bits per heavy atom. The maximum atomic E-state index is 13.2. The number of fused-ring (bicyclic) bond motifs is 1. The first kappa shape index (κ1) is 18.9. The van der Waals surface area contributed by atoms with E-state index in [9.17, 15) is 9.59 Å². The van der Waals surface area contributed by atoms with Crippen LogP contribution in [0.1, 0.15) is 25.3 Å². The Bertz CT molecular complexity index is 975. The number of methoxy groups -OCH3 is 1. The normalized spacial score (nSPS) is 23.5. The molecule has 8 heteroatoms. The van der Waals surface area contributed by atoms with Gasteiger partial charge in [0, 0.05) is 29.9 Å². The molecule has 2 amide bonds. The summed E-state index contributed by atoms with van der Waals surface area (Å²) in [5, 5.41) is 7.54. The molecule has 3 heterocycles. The molecule has 1 aromatic heterocycles. The number of nitrogens with one attached hydrogen (secondary N) is 3. The topological polar surface area (TPSA) is 95.6 Å². The van der Waals surface area contributed by atoms with Crippen molar-refractivity contribution < 1.29 is 14.3 Å². The molecule has 150 valence electrons. The van der Waals surface area contributed by atoms with Crippen LogP contribution in [0, 0.1) is 0 Å². The summed E-state index contributed by atoms with van der Waals surface area (Å²) in [6.07, 6.45) is 1.26. The van der Waals surface area contributed by atoms with E-state index < -0.39 is 5.91 Å². The number of allylic oxidation sites excluding steroid dienone is 1. The molecule has 3 N–H and O–H groups in total. The van der Waals surface area contributed by atoms with Gasteiger partial charge in [-0.1, -0.05) is 30.3 Å². The van der Waals surface area contributed by atoms with Crippen molar-refractivity contribution in [3.63, 3.8) is 0 Å². The van der Waals surface area contributed by atoms with Gasteiger partial charge in [-0.2, -0.15) is 0 Å². The number of carbonyl (C=O) groups is 2. The number of aromatic nitrogens is 1. The van der Waals surface area contributed by atoms with Gasteiger partial charge in [-0.25, -0.2) is 10.4 Å². The fourth-order valence-corrected chi connectivity index (χ4v) is 3.93. The highest BCUT2D eigenvalue weighted by atomic mass is 16.5. The van der Waals surface area contributed by atoms with Crippen molar-refractivity contribution in [3.8, 4) is 5.75 Å². The molecule has 1 fully saturated rings. The fourth-order valence-electron chi connectivity index (χ4n) is 3.93. The van der Waals surface area contributed by atoms with Gasteiger partial charge in [0.15, 0.2) is 0 Å². The van der Waals surface area contributed by atoms with Crippen LogP contribution in [-0.2, 0) is 9.59 Å². The van der Waals surface area contributed by atoms with Gasteiger partial charge in [-0.05, 0) is 25.5 Å². The lowest BCUT2D eigenvalue weighted by Crippen LogP contribution is -2.55. The standard InChI is InChI=1S/C21H23N5O3/c1-12-18(20(27)24-16-11-15(29-3)9-10-22-16)21(28)26-19(23-12)17(13(2)25-26)14-7-5-4-6-8-14/h4-11,13,17,19,23,25H,1-3H3,(H,22,24,27). The van der Waals surface area contributed by atoms with Crippen molar-refractivity contribution in [2.45, 2.75) is 32.0 Å². The van der Waals surface area contributed by atoms with E-state index in [0.29, 0.717) is 17.3 Å². The maximum absolute atomic E-state index is 13.2. The van der Waals surface area contributed by atoms with Crippen LogP contribution in [0.15, 0.2) is 59.9 Å². The van der Waals surface area contributed by atoms with Gasteiger partial charge in [0.2, 0.25) is 0 Å². The first-order chi connectivity index (χ1) is 14.0. The molecule has 2 aliphatic rings. The highest BCUT2D eigenvalue weighted by molar-refractivity contribution is 6.23. The molecule has 0 saturated carbocycles. The van der Waals surface area contributed by atoms with Gasteiger partial charge in [-0.15, -0.1) is 0 Å². The Balaban J connectivity index is 1.59. The second-order valence-corrected chi connectivity index (χ2v) is 7.15. The zero-order valence-electron chi connectivity index (χ0n) is 16.5. The molecule has 0 bridgehead atoms. The highest BCUT2D eigenvalue weighted by Crippen LogP contribution is 2.34. The average Bonchev–Trinajstić information content (AvgIpc) is 3.05. The van der Waals surface area contributed by atoms with E-state index >= 15 is 0 Å². The number of ether oxygens (including phenoxy) is 1. The molecule has 8 nitrogen and oxygen atoms in total. The maximum Gasteiger partial charge on any atom is 0.277 e. The van der Waals surface area contributed by atoms with Crippen molar-refractivity contribution in [1.82, 2.24) is 20.7 Å². The van der Waals surface area contributed by atoms with Crippen LogP contribution in [0.5, 0.6) is 5.75 Å². The number of carbonyl (C=O) groups excluding carboxylic acids is 2. The summed E-state index contributed by atoms with van der Waals surface area (Å²) >= 11 is 0. The van der Waals surface area contributed by atoms with Crippen LogP contribution in [0.4, 0.5) is 5.82 Å². The molecule has 0 spiro atoms. The summed E-state index contributed by atoms with van der Waals surface area (Å²) in [5.74, 6) is 0.0536. The zero-order chi connectivity index (χ0) is 20.5. The third-order valence-electron chi connectivity index (χ3n) is 5.29. The Kier molecular flexibility index (Phi) is 4.94. The smallest absolute Gasteiger partial charge is 0.277 e. The van der Waals surface area contributed by atoms with Crippen molar-refractivity contribution in [3.05, 3.63) is 65.5 Å². The van der Waals surface area contributed by atoms with E-state index in [1.54, 1.807) is 19.1 Å². The van der Waals surface area contributed by atoms with Gasteiger partial charge in [0.1, 0.15) is 23.3 Å². The number of hydrogen-bond acceptors (Lipinski definition) is 6. The number of nitrogens with zero attached hydrogens (tertiary/aromatic N) is 2. The predicted octanol–water partition coefficient (Wildman–Crippen LogP) is 1.75. The third-order valence-corrected chi connectivity index (χ3v) is 5.29. The van der Waals surface area contributed by atoms with Gasteiger partial charge >= 0.3 is 0 Å². The Labute approximate surface area is 168 Å². The second kappa shape index (κ2) is 7.56. The lowest BCUT2D eigenvalue weighted by molar-refractivity contribution is -0.134. The Hall–Kier alpha value is -3.39. The number of anilines is 1. The largest absolute Gasteiger partial charge is 0.497 e. The van der Waals surface area contributed by atoms with Gasteiger partial charge in [0.05, 0.1) is 7.11 Å². The first-order valence-corrected chi connectivity index (χ1v) is 9.43. The van der Waals surface area contributed by atoms with Crippen molar-refractivity contribution in [1.29, 1.82) is 0 Å².